The Bertz CT molecular complexity index is 567. The van der Waals surface area contributed by atoms with Gasteiger partial charge in [0.1, 0.15) is 0 Å². The summed E-state index contributed by atoms with van der Waals surface area (Å²) < 4.78 is 5.17. The minimum absolute atomic E-state index is 0.0343. The summed E-state index contributed by atoms with van der Waals surface area (Å²) >= 11 is 0. The van der Waals surface area contributed by atoms with Crippen molar-refractivity contribution in [1.29, 1.82) is 0 Å². The Kier molecular flexibility index (Phi) is 5.01. The van der Waals surface area contributed by atoms with Gasteiger partial charge in [0.2, 0.25) is 5.91 Å². The predicted molar refractivity (Wildman–Crippen MR) is 87.5 cm³/mol. The molecule has 22 heavy (non-hydrogen) atoms. The molecule has 118 valence electrons. The molecule has 1 aliphatic rings. The van der Waals surface area contributed by atoms with E-state index in [4.69, 9.17) is 4.74 Å². The van der Waals surface area contributed by atoms with E-state index >= 15 is 0 Å². The lowest BCUT2D eigenvalue weighted by Crippen LogP contribution is -2.23. The van der Waals surface area contributed by atoms with Crippen molar-refractivity contribution < 1.29 is 14.3 Å². The monoisotopic (exact) mass is 301 g/mol. The predicted octanol–water partition coefficient (Wildman–Crippen LogP) is 3.42. The van der Waals surface area contributed by atoms with Gasteiger partial charge in [-0.25, -0.2) is 4.79 Å². The summed E-state index contributed by atoms with van der Waals surface area (Å²) in [7, 11) is 0. The van der Waals surface area contributed by atoms with E-state index in [1.807, 2.05) is 45.0 Å². The minimum Gasteiger partial charge on any atom is -0.462 e. The summed E-state index contributed by atoms with van der Waals surface area (Å²) in [5.74, 6) is -0.164. The van der Waals surface area contributed by atoms with E-state index in [1.54, 1.807) is 11.0 Å². The summed E-state index contributed by atoms with van der Waals surface area (Å²) in [6.45, 7) is 7.23. The van der Waals surface area contributed by atoms with Crippen LogP contribution in [0.2, 0.25) is 0 Å². The van der Waals surface area contributed by atoms with Gasteiger partial charge in [0.25, 0.3) is 0 Å². The van der Waals surface area contributed by atoms with Crippen LogP contribution < -0.4 is 4.90 Å². The number of nitrogens with zero attached hydrogens (tertiary/aromatic N) is 1. The van der Waals surface area contributed by atoms with E-state index in [1.165, 1.54) is 6.08 Å². The Labute approximate surface area is 131 Å². The van der Waals surface area contributed by atoms with Crippen LogP contribution >= 0.6 is 0 Å². The third-order valence-electron chi connectivity index (χ3n) is 3.34. The van der Waals surface area contributed by atoms with Crippen LogP contribution in [0.25, 0.3) is 6.08 Å². The molecule has 0 atom stereocenters. The van der Waals surface area contributed by atoms with E-state index < -0.39 is 0 Å². The molecule has 1 aliphatic heterocycles. The van der Waals surface area contributed by atoms with Crippen LogP contribution in [0.4, 0.5) is 5.69 Å². The maximum absolute atomic E-state index is 11.7. The molecule has 0 bridgehead atoms. The van der Waals surface area contributed by atoms with Gasteiger partial charge >= 0.3 is 5.97 Å². The van der Waals surface area contributed by atoms with E-state index in [2.05, 4.69) is 0 Å². The summed E-state index contributed by atoms with van der Waals surface area (Å²) in [5.41, 5.74) is 1.78. The highest BCUT2D eigenvalue weighted by molar-refractivity contribution is 5.95. The molecular weight excluding hydrogens is 278 g/mol. The molecule has 1 saturated heterocycles. The standard InChI is InChI=1S/C18H23NO3/c1-18(2,3)13-22-17(21)11-8-14-6-9-15(10-7-14)19-12-4-5-16(19)20/h6-11H,4-5,12-13H2,1-3H3/b11-8+. The molecular formula is C18H23NO3. The van der Waals surface area contributed by atoms with Crippen molar-refractivity contribution in [2.75, 3.05) is 18.1 Å². The molecule has 1 heterocycles. The second-order valence-electron chi connectivity index (χ2n) is 6.74. The van der Waals surface area contributed by atoms with E-state index in [0.717, 1.165) is 24.2 Å². The van der Waals surface area contributed by atoms with Crippen LogP contribution in [0, 0.1) is 5.41 Å². The number of esters is 1. The number of hydrogen-bond donors (Lipinski definition) is 0. The normalized spacial score (nSPS) is 15.6. The highest BCUT2D eigenvalue weighted by Gasteiger charge is 2.21. The largest absolute Gasteiger partial charge is 0.462 e. The third kappa shape index (κ3) is 4.72. The summed E-state index contributed by atoms with van der Waals surface area (Å²) in [5, 5.41) is 0. The number of ether oxygens (including phenoxy) is 1. The lowest BCUT2D eigenvalue weighted by molar-refractivity contribution is -0.140. The first-order valence-corrected chi connectivity index (χ1v) is 7.60. The van der Waals surface area contributed by atoms with Gasteiger partial charge in [-0.3, -0.25) is 4.79 Å². The first-order chi connectivity index (χ1) is 10.3. The fourth-order valence-electron chi connectivity index (χ4n) is 2.19. The van der Waals surface area contributed by atoms with Crippen LogP contribution in [0.3, 0.4) is 0 Å². The van der Waals surface area contributed by atoms with Crippen LogP contribution in [0.15, 0.2) is 30.3 Å². The maximum atomic E-state index is 11.7. The van der Waals surface area contributed by atoms with Gasteiger partial charge in [-0.15, -0.1) is 0 Å². The van der Waals surface area contributed by atoms with Gasteiger partial charge in [0.15, 0.2) is 0 Å². The SMILES string of the molecule is CC(C)(C)COC(=O)/C=C/c1ccc(N2CCCC2=O)cc1. The molecule has 1 amide bonds. The van der Waals surface area contributed by atoms with Crippen LogP contribution in [-0.4, -0.2) is 25.0 Å². The van der Waals surface area contributed by atoms with Crippen molar-refractivity contribution in [1.82, 2.24) is 0 Å². The highest BCUT2D eigenvalue weighted by Crippen LogP contribution is 2.22. The topological polar surface area (TPSA) is 46.6 Å². The third-order valence-corrected chi connectivity index (χ3v) is 3.34. The maximum Gasteiger partial charge on any atom is 0.330 e. The molecule has 1 fully saturated rings. The highest BCUT2D eigenvalue weighted by atomic mass is 16.5. The molecule has 0 spiro atoms. The Morgan fingerprint density at radius 1 is 1.27 bits per heavy atom. The fraction of sp³-hybridized carbons (Fsp3) is 0.444. The Morgan fingerprint density at radius 3 is 2.50 bits per heavy atom. The van der Waals surface area contributed by atoms with Gasteiger partial charge in [-0.2, -0.15) is 0 Å². The number of amides is 1. The lowest BCUT2D eigenvalue weighted by Gasteiger charge is -2.16. The van der Waals surface area contributed by atoms with Gasteiger partial charge < -0.3 is 9.64 Å². The number of rotatable bonds is 4. The average Bonchev–Trinajstić information content (AvgIpc) is 2.89. The number of anilines is 1. The van der Waals surface area contributed by atoms with Crippen LogP contribution in [0.5, 0.6) is 0 Å². The second kappa shape index (κ2) is 6.77. The zero-order chi connectivity index (χ0) is 16.2. The average molecular weight is 301 g/mol. The zero-order valence-electron chi connectivity index (χ0n) is 13.5. The Morgan fingerprint density at radius 2 is 1.95 bits per heavy atom. The number of carbonyl (C=O) groups is 2. The van der Waals surface area contributed by atoms with Crippen molar-refractivity contribution in [3.05, 3.63) is 35.9 Å². The number of carbonyl (C=O) groups excluding carboxylic acids is 2. The first kappa shape index (κ1) is 16.3. The summed E-state index contributed by atoms with van der Waals surface area (Å²) in [6.07, 6.45) is 4.70. The zero-order valence-corrected chi connectivity index (χ0v) is 13.5. The molecule has 4 nitrogen and oxygen atoms in total. The summed E-state index contributed by atoms with van der Waals surface area (Å²) in [4.78, 5) is 25.1. The molecule has 1 aromatic rings. The fourth-order valence-corrected chi connectivity index (χ4v) is 2.19. The van der Waals surface area contributed by atoms with Gasteiger partial charge in [-0.05, 0) is 35.6 Å². The molecule has 0 radical (unpaired) electrons. The second-order valence-corrected chi connectivity index (χ2v) is 6.74. The van der Waals surface area contributed by atoms with Gasteiger partial charge in [-0.1, -0.05) is 32.9 Å². The molecule has 1 aromatic carbocycles. The van der Waals surface area contributed by atoms with Crippen molar-refractivity contribution in [3.8, 4) is 0 Å². The number of benzene rings is 1. The van der Waals surface area contributed by atoms with Gasteiger partial charge in [0, 0.05) is 24.7 Å². The van der Waals surface area contributed by atoms with E-state index in [9.17, 15) is 9.59 Å². The summed E-state index contributed by atoms with van der Waals surface area (Å²) in [6, 6.07) is 7.61. The molecule has 2 rings (SSSR count). The quantitative estimate of drug-likeness (QED) is 0.632. The van der Waals surface area contributed by atoms with Crippen LogP contribution in [-0.2, 0) is 14.3 Å². The van der Waals surface area contributed by atoms with Crippen molar-refractivity contribution in [3.63, 3.8) is 0 Å². The molecule has 4 heteroatoms. The molecule has 0 unspecified atom stereocenters. The van der Waals surface area contributed by atoms with Crippen molar-refractivity contribution >= 4 is 23.6 Å². The molecule has 0 saturated carbocycles. The molecule has 0 aliphatic carbocycles. The van der Waals surface area contributed by atoms with Crippen molar-refractivity contribution in [2.24, 2.45) is 5.41 Å². The van der Waals surface area contributed by atoms with E-state index in [-0.39, 0.29) is 17.3 Å². The Hall–Kier alpha value is -2.10. The molecule has 0 aromatic heterocycles. The van der Waals surface area contributed by atoms with Crippen molar-refractivity contribution in [2.45, 2.75) is 33.6 Å². The minimum atomic E-state index is -0.339. The van der Waals surface area contributed by atoms with Gasteiger partial charge in [0.05, 0.1) is 6.61 Å². The first-order valence-electron chi connectivity index (χ1n) is 7.60. The van der Waals surface area contributed by atoms with Crippen LogP contribution in [0.1, 0.15) is 39.2 Å². The number of hydrogen-bond acceptors (Lipinski definition) is 3. The Balaban J connectivity index is 1.92. The molecule has 0 N–H and O–H groups in total. The van der Waals surface area contributed by atoms with E-state index in [0.29, 0.717) is 13.0 Å². The smallest absolute Gasteiger partial charge is 0.330 e. The lowest BCUT2D eigenvalue weighted by atomic mass is 9.99.